The topological polar surface area (TPSA) is 61.5 Å². The minimum atomic E-state index is -0.0542. The molecular formula is C16H33NO3. The highest BCUT2D eigenvalue weighted by Gasteiger charge is 2.02. The standard InChI is InChI=1S/C16H33NO3/c1-2-3-4-5-6-10-14-20-16(18)11-8-7-9-13-19-15-12-17/h2-15,17H2,1H3. The van der Waals surface area contributed by atoms with Gasteiger partial charge in [-0.15, -0.1) is 0 Å². The largest absolute Gasteiger partial charge is 0.466 e. The molecule has 0 rings (SSSR count). The Morgan fingerprint density at radius 2 is 1.50 bits per heavy atom. The summed E-state index contributed by atoms with van der Waals surface area (Å²) in [4.78, 5) is 11.4. The first-order valence-corrected chi connectivity index (χ1v) is 8.24. The normalized spacial score (nSPS) is 10.7. The second kappa shape index (κ2) is 16.4. The molecule has 0 atom stereocenters. The molecule has 4 nitrogen and oxygen atoms in total. The fourth-order valence-electron chi connectivity index (χ4n) is 1.98. The first kappa shape index (κ1) is 19.4. The zero-order valence-corrected chi connectivity index (χ0v) is 13.2. The van der Waals surface area contributed by atoms with Crippen LogP contribution in [0, 0.1) is 0 Å². The third-order valence-electron chi connectivity index (χ3n) is 3.19. The van der Waals surface area contributed by atoms with E-state index in [0.29, 0.717) is 26.2 Å². The summed E-state index contributed by atoms with van der Waals surface area (Å²) < 4.78 is 10.5. The summed E-state index contributed by atoms with van der Waals surface area (Å²) in [5, 5.41) is 0. The van der Waals surface area contributed by atoms with Crippen LogP contribution < -0.4 is 5.73 Å². The van der Waals surface area contributed by atoms with Crippen molar-refractivity contribution in [2.75, 3.05) is 26.4 Å². The predicted octanol–water partition coefficient (Wildman–Crippen LogP) is 3.43. The van der Waals surface area contributed by atoms with Crippen LogP contribution in [0.3, 0.4) is 0 Å². The van der Waals surface area contributed by atoms with Gasteiger partial charge in [-0.1, -0.05) is 45.4 Å². The Morgan fingerprint density at radius 3 is 2.25 bits per heavy atom. The molecule has 0 heterocycles. The minimum absolute atomic E-state index is 0.0542. The van der Waals surface area contributed by atoms with Crippen molar-refractivity contribution >= 4 is 5.97 Å². The van der Waals surface area contributed by atoms with Gasteiger partial charge in [0.2, 0.25) is 0 Å². The fraction of sp³-hybridized carbons (Fsp3) is 0.938. The highest BCUT2D eigenvalue weighted by molar-refractivity contribution is 5.69. The number of nitrogens with two attached hydrogens (primary N) is 1. The van der Waals surface area contributed by atoms with Crippen molar-refractivity contribution in [2.24, 2.45) is 5.73 Å². The van der Waals surface area contributed by atoms with E-state index in [1.807, 2.05) is 0 Å². The van der Waals surface area contributed by atoms with Gasteiger partial charge in [0.05, 0.1) is 13.2 Å². The van der Waals surface area contributed by atoms with E-state index in [4.69, 9.17) is 15.2 Å². The van der Waals surface area contributed by atoms with Crippen molar-refractivity contribution < 1.29 is 14.3 Å². The van der Waals surface area contributed by atoms with Crippen molar-refractivity contribution in [3.8, 4) is 0 Å². The van der Waals surface area contributed by atoms with Crippen LogP contribution in [0.15, 0.2) is 0 Å². The Labute approximate surface area is 124 Å². The lowest BCUT2D eigenvalue weighted by Crippen LogP contribution is -2.09. The van der Waals surface area contributed by atoms with E-state index in [2.05, 4.69) is 6.92 Å². The van der Waals surface area contributed by atoms with Crippen molar-refractivity contribution in [3.05, 3.63) is 0 Å². The van der Waals surface area contributed by atoms with Gasteiger partial charge in [-0.2, -0.15) is 0 Å². The maximum Gasteiger partial charge on any atom is 0.305 e. The number of hydrogen-bond acceptors (Lipinski definition) is 4. The number of rotatable bonds is 15. The molecule has 0 aromatic rings. The van der Waals surface area contributed by atoms with Crippen LogP contribution in [-0.2, 0) is 14.3 Å². The zero-order chi connectivity index (χ0) is 14.9. The van der Waals surface area contributed by atoms with Gasteiger partial charge in [0.25, 0.3) is 0 Å². The molecule has 0 fully saturated rings. The van der Waals surface area contributed by atoms with Gasteiger partial charge in [0.15, 0.2) is 0 Å². The third kappa shape index (κ3) is 15.4. The van der Waals surface area contributed by atoms with Gasteiger partial charge >= 0.3 is 5.97 Å². The maximum atomic E-state index is 11.4. The number of esters is 1. The van der Waals surface area contributed by atoms with E-state index in [1.54, 1.807) is 0 Å². The summed E-state index contributed by atoms with van der Waals surface area (Å²) in [7, 11) is 0. The molecular weight excluding hydrogens is 254 g/mol. The van der Waals surface area contributed by atoms with Gasteiger partial charge in [-0.3, -0.25) is 4.79 Å². The Morgan fingerprint density at radius 1 is 0.850 bits per heavy atom. The van der Waals surface area contributed by atoms with Crippen LogP contribution in [-0.4, -0.2) is 32.3 Å². The lowest BCUT2D eigenvalue weighted by molar-refractivity contribution is -0.143. The van der Waals surface area contributed by atoms with E-state index < -0.39 is 0 Å². The predicted molar refractivity (Wildman–Crippen MR) is 82.7 cm³/mol. The monoisotopic (exact) mass is 287 g/mol. The fourth-order valence-corrected chi connectivity index (χ4v) is 1.98. The van der Waals surface area contributed by atoms with Crippen molar-refractivity contribution in [2.45, 2.75) is 71.1 Å². The number of ether oxygens (including phenoxy) is 2. The molecule has 20 heavy (non-hydrogen) atoms. The number of hydrogen-bond donors (Lipinski definition) is 1. The second-order valence-corrected chi connectivity index (χ2v) is 5.20. The smallest absolute Gasteiger partial charge is 0.305 e. The Kier molecular flexibility index (Phi) is 15.9. The number of carbonyl (C=O) groups is 1. The molecule has 2 N–H and O–H groups in total. The molecule has 4 heteroatoms. The van der Waals surface area contributed by atoms with E-state index in [9.17, 15) is 4.79 Å². The number of unbranched alkanes of at least 4 members (excludes halogenated alkanes) is 7. The summed E-state index contributed by atoms with van der Waals surface area (Å²) in [6, 6.07) is 0. The molecule has 0 aromatic heterocycles. The Hall–Kier alpha value is -0.610. The minimum Gasteiger partial charge on any atom is -0.466 e. The molecule has 0 aliphatic heterocycles. The lowest BCUT2D eigenvalue weighted by atomic mass is 10.1. The molecule has 0 aromatic carbocycles. The Balaban J connectivity index is 3.13. The van der Waals surface area contributed by atoms with Crippen molar-refractivity contribution in [1.29, 1.82) is 0 Å². The molecule has 0 bridgehead atoms. The third-order valence-corrected chi connectivity index (χ3v) is 3.19. The van der Waals surface area contributed by atoms with E-state index in [-0.39, 0.29) is 5.97 Å². The molecule has 120 valence electrons. The molecule has 0 spiro atoms. The average molecular weight is 287 g/mol. The van der Waals surface area contributed by atoms with Gasteiger partial charge in [-0.05, 0) is 19.3 Å². The number of carbonyl (C=O) groups excluding carboxylic acids is 1. The van der Waals surface area contributed by atoms with Crippen LogP contribution in [0.25, 0.3) is 0 Å². The van der Waals surface area contributed by atoms with Crippen LogP contribution in [0.1, 0.15) is 71.1 Å². The van der Waals surface area contributed by atoms with E-state index >= 15 is 0 Å². The highest BCUT2D eigenvalue weighted by atomic mass is 16.5. The molecule has 0 radical (unpaired) electrons. The van der Waals surface area contributed by atoms with E-state index in [1.165, 1.54) is 32.1 Å². The highest BCUT2D eigenvalue weighted by Crippen LogP contribution is 2.06. The van der Waals surface area contributed by atoms with Crippen LogP contribution in [0.5, 0.6) is 0 Å². The summed E-state index contributed by atoms with van der Waals surface area (Å²) in [5.41, 5.74) is 5.31. The molecule has 0 aliphatic carbocycles. The van der Waals surface area contributed by atoms with Crippen LogP contribution in [0.2, 0.25) is 0 Å². The van der Waals surface area contributed by atoms with Crippen LogP contribution in [0.4, 0.5) is 0 Å². The molecule has 0 saturated heterocycles. The molecule has 0 saturated carbocycles. The van der Waals surface area contributed by atoms with E-state index in [0.717, 1.165) is 32.3 Å². The van der Waals surface area contributed by atoms with Gasteiger partial charge in [-0.25, -0.2) is 0 Å². The van der Waals surface area contributed by atoms with Crippen molar-refractivity contribution in [3.63, 3.8) is 0 Å². The maximum absolute atomic E-state index is 11.4. The average Bonchev–Trinajstić information content (AvgIpc) is 2.45. The molecule has 0 amide bonds. The molecule has 0 aliphatic rings. The van der Waals surface area contributed by atoms with Crippen molar-refractivity contribution in [1.82, 2.24) is 0 Å². The van der Waals surface area contributed by atoms with Gasteiger partial charge < -0.3 is 15.2 Å². The first-order valence-electron chi connectivity index (χ1n) is 8.24. The Bertz CT molecular complexity index is 190. The van der Waals surface area contributed by atoms with Crippen LogP contribution >= 0.6 is 0 Å². The SMILES string of the molecule is CCCCCCCCOC(=O)CCCCCOCCN. The second-order valence-electron chi connectivity index (χ2n) is 5.20. The zero-order valence-electron chi connectivity index (χ0n) is 13.2. The lowest BCUT2D eigenvalue weighted by Gasteiger charge is -2.05. The summed E-state index contributed by atoms with van der Waals surface area (Å²) in [6.07, 6.45) is 10.7. The van der Waals surface area contributed by atoms with Gasteiger partial charge in [0.1, 0.15) is 0 Å². The summed E-state index contributed by atoms with van der Waals surface area (Å²) in [6.45, 7) is 4.74. The van der Waals surface area contributed by atoms with Gasteiger partial charge in [0, 0.05) is 19.6 Å². The summed E-state index contributed by atoms with van der Waals surface area (Å²) in [5.74, 6) is -0.0542. The summed E-state index contributed by atoms with van der Waals surface area (Å²) >= 11 is 0. The quantitative estimate of drug-likeness (QED) is 0.370. The molecule has 0 unspecified atom stereocenters. The first-order chi connectivity index (χ1) is 9.81.